The van der Waals surface area contributed by atoms with Crippen molar-refractivity contribution in [3.05, 3.63) is 36.7 Å². The van der Waals surface area contributed by atoms with Crippen molar-refractivity contribution in [2.45, 2.75) is 17.4 Å². The van der Waals surface area contributed by atoms with E-state index in [1.807, 2.05) is 0 Å². The highest BCUT2D eigenvalue weighted by atomic mass is 32.2. The van der Waals surface area contributed by atoms with E-state index in [1.165, 1.54) is 35.9 Å². The Morgan fingerprint density at radius 3 is 2.68 bits per heavy atom. The van der Waals surface area contributed by atoms with Crippen LogP contribution in [0.4, 0.5) is 5.82 Å². The molecule has 0 spiro atoms. The van der Waals surface area contributed by atoms with Crippen LogP contribution in [0.2, 0.25) is 0 Å². The number of fused-ring (bicyclic) bond motifs is 1. The number of rotatable bonds is 6. The largest absolute Gasteiger partial charge is 0.481 e. The topological polar surface area (TPSA) is 178 Å². The summed E-state index contributed by atoms with van der Waals surface area (Å²) in [4.78, 5) is 31.1. The number of nitrogens with two attached hydrogens (primary N) is 2. The lowest BCUT2D eigenvalue weighted by Gasteiger charge is -2.11. The predicted molar refractivity (Wildman–Crippen MR) is 103 cm³/mol. The maximum absolute atomic E-state index is 12.5. The molecule has 1 amide bonds. The van der Waals surface area contributed by atoms with Crippen LogP contribution in [0.3, 0.4) is 0 Å². The number of carbonyl (C=O) groups excluding carboxylic acids is 1. The second-order valence-electron chi connectivity index (χ2n) is 5.79. The first-order chi connectivity index (χ1) is 13.2. The third-order valence-electron chi connectivity index (χ3n) is 3.73. The lowest BCUT2D eigenvalue weighted by atomic mass is 10.2. The number of nitrogens with zero attached hydrogens (tertiary/aromatic N) is 2. The van der Waals surface area contributed by atoms with Crippen LogP contribution in [0.5, 0.6) is 0 Å². The van der Waals surface area contributed by atoms with Gasteiger partial charge in [0.05, 0.1) is 27.6 Å². The van der Waals surface area contributed by atoms with Gasteiger partial charge in [0, 0.05) is 4.88 Å². The van der Waals surface area contributed by atoms with E-state index < -0.39 is 34.4 Å². The molecule has 0 saturated carbocycles. The Hall–Kier alpha value is -3.09. The smallest absolute Gasteiger partial charge is 0.305 e. The molecule has 28 heavy (non-hydrogen) atoms. The molecule has 0 saturated heterocycles. The minimum atomic E-state index is -4.23. The van der Waals surface area contributed by atoms with Crippen molar-refractivity contribution in [3.8, 4) is 10.4 Å². The summed E-state index contributed by atoms with van der Waals surface area (Å²) in [5.74, 6) is -2.09. The standard InChI is InChI=1S/C16H15N5O5S2/c17-10(5-13(22)23)16(24)21-28(25,26)9-3-1-2-8(4-9)12-6-11-14(27-12)15(18)20-7-19-11/h1-4,6-7,10H,5,17H2,(H,21,24)(H,22,23)(H2,18,19,20). The molecule has 12 heteroatoms. The first-order valence-corrected chi connectivity index (χ1v) is 10.1. The molecule has 1 unspecified atom stereocenters. The summed E-state index contributed by atoms with van der Waals surface area (Å²) in [6, 6.07) is 6.18. The van der Waals surface area contributed by atoms with Crippen molar-refractivity contribution >= 4 is 49.3 Å². The molecule has 146 valence electrons. The Kier molecular flexibility index (Phi) is 5.27. The van der Waals surface area contributed by atoms with Crippen LogP contribution >= 0.6 is 11.3 Å². The van der Waals surface area contributed by atoms with Gasteiger partial charge in [-0.05, 0) is 23.8 Å². The van der Waals surface area contributed by atoms with Gasteiger partial charge in [0.2, 0.25) is 0 Å². The average Bonchev–Trinajstić information content (AvgIpc) is 3.07. The van der Waals surface area contributed by atoms with Crippen LogP contribution in [-0.4, -0.2) is 41.4 Å². The van der Waals surface area contributed by atoms with E-state index in [0.717, 1.165) is 0 Å². The van der Waals surface area contributed by atoms with Crippen molar-refractivity contribution < 1.29 is 23.1 Å². The fourth-order valence-corrected chi connectivity index (χ4v) is 4.46. The van der Waals surface area contributed by atoms with E-state index in [9.17, 15) is 18.0 Å². The van der Waals surface area contributed by atoms with Gasteiger partial charge < -0.3 is 16.6 Å². The molecule has 2 heterocycles. The van der Waals surface area contributed by atoms with Crippen LogP contribution in [0.15, 0.2) is 41.6 Å². The summed E-state index contributed by atoms with van der Waals surface area (Å²) in [6.07, 6.45) is 0.649. The van der Waals surface area contributed by atoms with Gasteiger partial charge in [0.15, 0.2) is 0 Å². The Bertz CT molecular complexity index is 1180. The number of aliphatic carboxylic acids is 1. The highest BCUT2D eigenvalue weighted by Crippen LogP contribution is 2.35. The second kappa shape index (κ2) is 7.50. The third kappa shape index (κ3) is 4.08. The summed E-state index contributed by atoms with van der Waals surface area (Å²) in [6.45, 7) is 0. The van der Waals surface area contributed by atoms with E-state index in [2.05, 4.69) is 9.97 Å². The van der Waals surface area contributed by atoms with Crippen molar-refractivity contribution in [2.75, 3.05) is 5.73 Å². The number of thiophene rings is 1. The third-order valence-corrected chi connectivity index (χ3v) is 6.27. The van der Waals surface area contributed by atoms with Crippen LogP contribution in [0.1, 0.15) is 6.42 Å². The van der Waals surface area contributed by atoms with Crippen molar-refractivity contribution in [2.24, 2.45) is 5.73 Å². The molecule has 10 nitrogen and oxygen atoms in total. The summed E-state index contributed by atoms with van der Waals surface area (Å²) < 4.78 is 27.4. The van der Waals surface area contributed by atoms with Crippen LogP contribution in [0, 0.1) is 0 Å². The molecule has 0 aliphatic carbocycles. The van der Waals surface area contributed by atoms with Crippen molar-refractivity contribution in [1.82, 2.24) is 14.7 Å². The number of anilines is 1. The highest BCUT2D eigenvalue weighted by Gasteiger charge is 2.24. The van der Waals surface area contributed by atoms with Gasteiger partial charge in [-0.3, -0.25) is 9.59 Å². The maximum Gasteiger partial charge on any atom is 0.305 e. The van der Waals surface area contributed by atoms with Gasteiger partial charge in [-0.2, -0.15) is 0 Å². The van der Waals surface area contributed by atoms with Gasteiger partial charge in [0.1, 0.15) is 12.1 Å². The molecular formula is C16H15N5O5S2. The van der Waals surface area contributed by atoms with Crippen LogP contribution in [0.25, 0.3) is 20.7 Å². The molecule has 6 N–H and O–H groups in total. The molecular weight excluding hydrogens is 406 g/mol. The summed E-state index contributed by atoms with van der Waals surface area (Å²) in [5, 5.41) is 8.66. The number of carboxylic acid groups (broad SMARTS) is 1. The number of benzene rings is 1. The zero-order valence-corrected chi connectivity index (χ0v) is 15.8. The number of nitrogens with one attached hydrogen (secondary N) is 1. The second-order valence-corrected chi connectivity index (χ2v) is 8.52. The molecule has 1 aromatic carbocycles. The van der Waals surface area contributed by atoms with E-state index in [4.69, 9.17) is 16.6 Å². The quantitative estimate of drug-likeness (QED) is 0.442. The van der Waals surface area contributed by atoms with Crippen LogP contribution in [-0.2, 0) is 19.6 Å². The normalized spacial score (nSPS) is 12.6. The molecule has 3 aromatic rings. The first kappa shape index (κ1) is 19.7. The first-order valence-electron chi connectivity index (χ1n) is 7.82. The minimum Gasteiger partial charge on any atom is -0.481 e. The minimum absolute atomic E-state index is 0.169. The van der Waals surface area contributed by atoms with Gasteiger partial charge in [0.25, 0.3) is 15.9 Å². The molecule has 0 aliphatic rings. The van der Waals surface area contributed by atoms with Gasteiger partial charge in [-0.1, -0.05) is 12.1 Å². The fourth-order valence-electron chi connectivity index (χ4n) is 2.38. The average molecular weight is 421 g/mol. The predicted octanol–water partition coefficient (Wildman–Crippen LogP) is 0.547. The number of sulfonamides is 1. The zero-order chi connectivity index (χ0) is 20.5. The van der Waals surface area contributed by atoms with E-state index in [1.54, 1.807) is 16.9 Å². The monoisotopic (exact) mass is 421 g/mol. The van der Waals surface area contributed by atoms with Gasteiger partial charge in [-0.25, -0.2) is 23.1 Å². The SMILES string of the molecule is Nc1ncnc2cc(-c3cccc(S(=O)(=O)NC(=O)C(N)CC(=O)O)c3)sc12. The number of hydrogen-bond donors (Lipinski definition) is 4. The lowest BCUT2D eigenvalue weighted by Crippen LogP contribution is -2.44. The number of amides is 1. The number of nitrogen functional groups attached to an aromatic ring is 1. The van der Waals surface area contributed by atoms with Crippen molar-refractivity contribution in [3.63, 3.8) is 0 Å². The Balaban J connectivity index is 1.90. The number of carbonyl (C=O) groups is 2. The molecule has 1 atom stereocenters. The lowest BCUT2D eigenvalue weighted by molar-refractivity contribution is -0.139. The number of hydrogen-bond acceptors (Lipinski definition) is 9. The molecule has 0 fully saturated rings. The molecule has 0 bridgehead atoms. The molecule has 2 aromatic heterocycles. The Morgan fingerprint density at radius 1 is 1.25 bits per heavy atom. The van der Waals surface area contributed by atoms with E-state index in [0.29, 0.717) is 26.5 Å². The number of aromatic nitrogens is 2. The zero-order valence-electron chi connectivity index (χ0n) is 14.2. The summed E-state index contributed by atoms with van der Waals surface area (Å²) in [7, 11) is -4.23. The van der Waals surface area contributed by atoms with Gasteiger partial charge >= 0.3 is 5.97 Å². The number of carboxylic acids is 1. The van der Waals surface area contributed by atoms with E-state index >= 15 is 0 Å². The van der Waals surface area contributed by atoms with E-state index in [-0.39, 0.29) is 4.90 Å². The maximum atomic E-state index is 12.5. The Labute approximate surface area is 163 Å². The molecule has 0 radical (unpaired) electrons. The van der Waals surface area contributed by atoms with Crippen molar-refractivity contribution in [1.29, 1.82) is 0 Å². The Morgan fingerprint density at radius 2 is 2.00 bits per heavy atom. The molecule has 0 aliphatic heterocycles. The summed E-state index contributed by atoms with van der Waals surface area (Å²) >= 11 is 1.30. The van der Waals surface area contributed by atoms with Crippen LogP contribution < -0.4 is 16.2 Å². The summed E-state index contributed by atoms with van der Waals surface area (Å²) in [5.41, 5.74) is 12.4. The molecule has 3 rings (SSSR count). The highest BCUT2D eigenvalue weighted by molar-refractivity contribution is 7.90. The fraction of sp³-hybridized carbons (Fsp3) is 0.125. The van der Waals surface area contributed by atoms with Gasteiger partial charge in [-0.15, -0.1) is 11.3 Å².